The molecule has 1 fully saturated rings. The maximum absolute atomic E-state index is 12.7. The average Bonchev–Trinajstić information content (AvgIpc) is 3.03. The van der Waals surface area contributed by atoms with E-state index in [0.29, 0.717) is 24.3 Å². The summed E-state index contributed by atoms with van der Waals surface area (Å²) < 4.78 is 1.73. The van der Waals surface area contributed by atoms with Crippen LogP contribution in [0.5, 0.6) is 0 Å². The third-order valence-electron chi connectivity index (χ3n) is 4.66. The van der Waals surface area contributed by atoms with Gasteiger partial charge in [0.2, 0.25) is 0 Å². The molecule has 0 bridgehead atoms. The van der Waals surface area contributed by atoms with Crippen molar-refractivity contribution in [1.29, 1.82) is 0 Å². The van der Waals surface area contributed by atoms with Gasteiger partial charge in [-0.05, 0) is 36.8 Å². The Morgan fingerprint density at radius 3 is 2.56 bits per heavy atom. The van der Waals surface area contributed by atoms with Crippen LogP contribution in [0.25, 0.3) is 10.8 Å². The van der Waals surface area contributed by atoms with E-state index in [9.17, 15) is 9.90 Å². The Kier molecular flexibility index (Phi) is 3.58. The van der Waals surface area contributed by atoms with Crippen LogP contribution >= 0.6 is 0 Å². The van der Waals surface area contributed by atoms with E-state index in [4.69, 9.17) is 0 Å². The topological polar surface area (TPSA) is 71.2 Å². The number of carbonyl (C=O) groups excluding carboxylic acids is 1. The molecule has 0 radical (unpaired) electrons. The number of hydrogen-bond donors (Lipinski definition) is 1. The van der Waals surface area contributed by atoms with E-state index < -0.39 is 5.60 Å². The molecule has 0 saturated carbocycles. The van der Waals surface area contributed by atoms with Crippen molar-refractivity contribution in [3.8, 4) is 0 Å². The maximum Gasteiger partial charge on any atom is 0.254 e. The second-order valence-corrected chi connectivity index (χ2v) is 7.07. The monoisotopic (exact) mass is 336 g/mol. The van der Waals surface area contributed by atoms with Crippen molar-refractivity contribution in [3.63, 3.8) is 0 Å². The van der Waals surface area contributed by atoms with Crippen LogP contribution in [0.15, 0.2) is 48.7 Å². The van der Waals surface area contributed by atoms with Gasteiger partial charge in [0.15, 0.2) is 0 Å². The van der Waals surface area contributed by atoms with E-state index in [1.54, 1.807) is 29.6 Å². The standard InChI is InChI=1S/C19H20N4O2/c1-19(2,25)17-12-23(21-20-17)16-10-22(11-16)18(24)15-8-7-13-5-3-4-6-14(13)9-15/h3-9,12,16,25H,10-11H2,1-2H3. The zero-order valence-electron chi connectivity index (χ0n) is 14.3. The Labute approximate surface area is 145 Å². The van der Waals surface area contributed by atoms with E-state index >= 15 is 0 Å². The SMILES string of the molecule is CC(C)(O)c1cn(C2CN(C(=O)c3ccc4ccccc4c3)C2)nn1. The van der Waals surface area contributed by atoms with Crippen molar-refractivity contribution < 1.29 is 9.90 Å². The van der Waals surface area contributed by atoms with Gasteiger partial charge in [-0.1, -0.05) is 35.5 Å². The number of amides is 1. The highest BCUT2D eigenvalue weighted by atomic mass is 16.3. The van der Waals surface area contributed by atoms with Gasteiger partial charge in [-0.3, -0.25) is 4.79 Å². The number of carbonyl (C=O) groups is 1. The quantitative estimate of drug-likeness (QED) is 0.797. The molecule has 1 aromatic heterocycles. The van der Waals surface area contributed by atoms with E-state index in [1.807, 2.05) is 42.5 Å². The number of likely N-dealkylation sites (tertiary alicyclic amines) is 1. The Bertz CT molecular complexity index is 936. The van der Waals surface area contributed by atoms with Crippen LogP contribution in [-0.4, -0.2) is 44.0 Å². The largest absolute Gasteiger partial charge is 0.384 e. The van der Waals surface area contributed by atoms with Gasteiger partial charge in [-0.25, -0.2) is 4.68 Å². The number of aliphatic hydroxyl groups is 1. The molecule has 25 heavy (non-hydrogen) atoms. The summed E-state index contributed by atoms with van der Waals surface area (Å²) in [6.45, 7) is 4.55. The molecular weight excluding hydrogens is 316 g/mol. The fourth-order valence-electron chi connectivity index (χ4n) is 3.03. The first kappa shape index (κ1) is 15.8. The molecular formula is C19H20N4O2. The Balaban J connectivity index is 1.46. The van der Waals surface area contributed by atoms with E-state index in [0.717, 1.165) is 10.8 Å². The molecule has 1 aliphatic rings. The average molecular weight is 336 g/mol. The molecule has 1 saturated heterocycles. The van der Waals surface area contributed by atoms with Crippen LogP contribution in [0, 0.1) is 0 Å². The van der Waals surface area contributed by atoms with Crippen LogP contribution < -0.4 is 0 Å². The lowest BCUT2D eigenvalue weighted by Crippen LogP contribution is -2.50. The number of fused-ring (bicyclic) bond motifs is 1. The second kappa shape index (κ2) is 5.67. The van der Waals surface area contributed by atoms with Crippen molar-refractivity contribution in [2.45, 2.75) is 25.5 Å². The van der Waals surface area contributed by atoms with E-state index in [1.165, 1.54) is 0 Å². The fourth-order valence-corrected chi connectivity index (χ4v) is 3.03. The zero-order chi connectivity index (χ0) is 17.6. The molecule has 1 N–H and O–H groups in total. The molecule has 1 aliphatic heterocycles. The summed E-state index contributed by atoms with van der Waals surface area (Å²) in [5, 5.41) is 20.3. The zero-order valence-corrected chi connectivity index (χ0v) is 14.3. The molecule has 0 aliphatic carbocycles. The van der Waals surface area contributed by atoms with Gasteiger partial charge in [0.1, 0.15) is 11.3 Å². The highest BCUT2D eigenvalue weighted by molar-refractivity contribution is 5.99. The summed E-state index contributed by atoms with van der Waals surface area (Å²) >= 11 is 0. The summed E-state index contributed by atoms with van der Waals surface area (Å²) in [4.78, 5) is 14.5. The van der Waals surface area contributed by atoms with E-state index in [2.05, 4.69) is 10.3 Å². The summed E-state index contributed by atoms with van der Waals surface area (Å²) in [5.74, 6) is 0.0322. The van der Waals surface area contributed by atoms with Gasteiger partial charge in [0, 0.05) is 18.7 Å². The van der Waals surface area contributed by atoms with Gasteiger partial charge in [0.05, 0.1) is 12.2 Å². The highest BCUT2D eigenvalue weighted by Crippen LogP contribution is 2.25. The van der Waals surface area contributed by atoms with Crippen LogP contribution in [0.4, 0.5) is 0 Å². The lowest BCUT2D eigenvalue weighted by atomic mass is 10.0. The number of hydrogen-bond acceptors (Lipinski definition) is 4. The molecule has 4 rings (SSSR count). The molecule has 2 aromatic carbocycles. The Morgan fingerprint density at radius 2 is 1.88 bits per heavy atom. The molecule has 0 atom stereocenters. The molecule has 6 nitrogen and oxygen atoms in total. The molecule has 128 valence electrons. The van der Waals surface area contributed by atoms with Crippen molar-refractivity contribution in [3.05, 3.63) is 59.9 Å². The Morgan fingerprint density at radius 1 is 1.16 bits per heavy atom. The number of aromatic nitrogens is 3. The lowest BCUT2D eigenvalue weighted by Gasteiger charge is -2.39. The first-order valence-electron chi connectivity index (χ1n) is 8.34. The first-order chi connectivity index (χ1) is 11.9. The fraction of sp³-hybridized carbons (Fsp3) is 0.316. The van der Waals surface area contributed by atoms with Gasteiger partial charge in [0.25, 0.3) is 5.91 Å². The molecule has 1 amide bonds. The summed E-state index contributed by atoms with van der Waals surface area (Å²) in [5.41, 5.74) is 0.225. The minimum absolute atomic E-state index is 0.0322. The van der Waals surface area contributed by atoms with Crippen LogP contribution in [0.2, 0.25) is 0 Å². The van der Waals surface area contributed by atoms with Crippen molar-refractivity contribution >= 4 is 16.7 Å². The second-order valence-electron chi connectivity index (χ2n) is 7.07. The molecule has 2 heterocycles. The molecule has 6 heteroatoms. The van der Waals surface area contributed by atoms with Crippen molar-refractivity contribution in [2.75, 3.05) is 13.1 Å². The first-order valence-corrected chi connectivity index (χ1v) is 8.34. The maximum atomic E-state index is 12.7. The third-order valence-corrected chi connectivity index (χ3v) is 4.66. The molecule has 0 spiro atoms. The minimum atomic E-state index is -1.01. The third kappa shape index (κ3) is 2.89. The number of benzene rings is 2. The molecule has 3 aromatic rings. The van der Waals surface area contributed by atoms with Crippen LogP contribution in [0.1, 0.15) is 35.9 Å². The van der Waals surface area contributed by atoms with Gasteiger partial charge < -0.3 is 10.0 Å². The Hall–Kier alpha value is -2.73. The minimum Gasteiger partial charge on any atom is -0.384 e. The van der Waals surface area contributed by atoms with Crippen LogP contribution in [-0.2, 0) is 5.60 Å². The van der Waals surface area contributed by atoms with Gasteiger partial charge in [-0.2, -0.15) is 0 Å². The predicted molar refractivity (Wildman–Crippen MR) is 94.2 cm³/mol. The number of nitrogens with zero attached hydrogens (tertiary/aromatic N) is 4. The number of rotatable bonds is 3. The summed E-state index contributed by atoms with van der Waals surface area (Å²) in [6, 6.07) is 13.9. The van der Waals surface area contributed by atoms with Gasteiger partial charge in [-0.15, -0.1) is 5.10 Å². The molecule has 0 unspecified atom stereocenters. The summed E-state index contributed by atoms with van der Waals surface area (Å²) in [7, 11) is 0. The van der Waals surface area contributed by atoms with E-state index in [-0.39, 0.29) is 11.9 Å². The van der Waals surface area contributed by atoms with Gasteiger partial charge >= 0.3 is 0 Å². The van der Waals surface area contributed by atoms with Crippen LogP contribution in [0.3, 0.4) is 0 Å². The lowest BCUT2D eigenvalue weighted by molar-refractivity contribution is 0.0496. The normalized spacial score (nSPS) is 15.4. The van der Waals surface area contributed by atoms with Crippen molar-refractivity contribution in [1.82, 2.24) is 19.9 Å². The van der Waals surface area contributed by atoms with Crippen molar-refractivity contribution in [2.24, 2.45) is 0 Å². The highest BCUT2D eigenvalue weighted by Gasteiger charge is 2.34. The predicted octanol–water partition coefficient (Wildman–Crippen LogP) is 2.36. The smallest absolute Gasteiger partial charge is 0.254 e. The summed E-state index contributed by atoms with van der Waals surface area (Å²) in [6.07, 6.45) is 1.75.